The van der Waals surface area contributed by atoms with Gasteiger partial charge in [0.15, 0.2) is 5.13 Å². The number of carbonyl (C=O) groups excluding carboxylic acids is 1. The normalized spacial score (nSPS) is 10.9. The fourth-order valence-corrected chi connectivity index (χ4v) is 4.12. The van der Waals surface area contributed by atoms with Gasteiger partial charge in [-0.15, -0.1) is 11.8 Å². The van der Waals surface area contributed by atoms with Crippen molar-refractivity contribution in [3.05, 3.63) is 84.2 Å². The third-order valence-electron chi connectivity index (χ3n) is 4.14. The van der Waals surface area contributed by atoms with Crippen molar-refractivity contribution in [3.8, 4) is 0 Å². The summed E-state index contributed by atoms with van der Waals surface area (Å²) in [6, 6.07) is 21.3. The maximum atomic E-state index is 13.3. The van der Waals surface area contributed by atoms with Crippen molar-refractivity contribution in [2.75, 3.05) is 11.2 Å². The van der Waals surface area contributed by atoms with Crippen LogP contribution in [0.1, 0.15) is 16.1 Å². The van der Waals surface area contributed by atoms with Gasteiger partial charge in [-0.1, -0.05) is 29.5 Å². The second kappa shape index (κ2) is 7.90. The molecule has 0 saturated heterocycles. The van der Waals surface area contributed by atoms with Crippen molar-refractivity contribution < 1.29 is 4.79 Å². The average Bonchev–Trinajstić information content (AvgIpc) is 3.16. The number of aromatic nitrogens is 2. The summed E-state index contributed by atoms with van der Waals surface area (Å²) < 4.78 is 1.06. The number of fused-ring (bicyclic) bond motifs is 1. The molecule has 0 saturated carbocycles. The third-order valence-corrected chi connectivity index (χ3v) is 5.94. The molecule has 0 atom stereocenters. The maximum absolute atomic E-state index is 13.3. The fourth-order valence-electron chi connectivity index (χ4n) is 2.74. The van der Waals surface area contributed by atoms with Gasteiger partial charge >= 0.3 is 0 Å². The Kier molecular flexibility index (Phi) is 5.18. The second-order valence-electron chi connectivity index (χ2n) is 5.91. The summed E-state index contributed by atoms with van der Waals surface area (Å²) >= 11 is 3.17. The van der Waals surface area contributed by atoms with Crippen molar-refractivity contribution in [2.45, 2.75) is 11.4 Å². The highest BCUT2D eigenvalue weighted by atomic mass is 32.2. The second-order valence-corrected chi connectivity index (χ2v) is 7.79. The lowest BCUT2D eigenvalue weighted by molar-refractivity contribution is 0.0984. The highest BCUT2D eigenvalue weighted by Gasteiger charge is 2.22. The van der Waals surface area contributed by atoms with E-state index in [2.05, 4.69) is 9.97 Å². The monoisotopic (exact) mass is 391 g/mol. The van der Waals surface area contributed by atoms with Crippen LogP contribution in [-0.4, -0.2) is 22.1 Å². The summed E-state index contributed by atoms with van der Waals surface area (Å²) in [4.78, 5) is 25.2. The lowest BCUT2D eigenvalue weighted by atomic mass is 10.2. The predicted octanol–water partition coefficient (Wildman–Crippen LogP) is 5.26. The average molecular weight is 392 g/mol. The Labute approximate surface area is 165 Å². The van der Waals surface area contributed by atoms with Crippen LogP contribution >= 0.6 is 23.1 Å². The van der Waals surface area contributed by atoms with Crippen molar-refractivity contribution in [1.82, 2.24) is 9.97 Å². The molecule has 0 radical (unpaired) electrons. The number of carbonyl (C=O) groups is 1. The van der Waals surface area contributed by atoms with Gasteiger partial charge in [-0.2, -0.15) is 0 Å². The van der Waals surface area contributed by atoms with Crippen LogP contribution in [0.4, 0.5) is 5.13 Å². The smallest absolute Gasteiger partial charge is 0.260 e. The van der Waals surface area contributed by atoms with Gasteiger partial charge in [-0.05, 0) is 54.8 Å². The van der Waals surface area contributed by atoms with E-state index in [0.717, 1.165) is 20.8 Å². The van der Waals surface area contributed by atoms with Crippen molar-refractivity contribution in [1.29, 1.82) is 0 Å². The van der Waals surface area contributed by atoms with Gasteiger partial charge in [-0.3, -0.25) is 14.7 Å². The molecule has 4 aromatic rings. The number of hydrogen-bond donors (Lipinski definition) is 0. The van der Waals surface area contributed by atoms with E-state index < -0.39 is 0 Å². The molecular weight excluding hydrogens is 374 g/mol. The first-order valence-electron chi connectivity index (χ1n) is 8.46. The quantitative estimate of drug-likeness (QED) is 0.435. The van der Waals surface area contributed by atoms with Crippen LogP contribution in [0.15, 0.2) is 77.8 Å². The Balaban J connectivity index is 1.73. The number of benzene rings is 2. The summed E-state index contributed by atoms with van der Waals surface area (Å²) in [6.45, 7) is 0.379. The predicted molar refractivity (Wildman–Crippen MR) is 113 cm³/mol. The molecule has 0 unspecified atom stereocenters. The van der Waals surface area contributed by atoms with Crippen molar-refractivity contribution in [3.63, 3.8) is 0 Å². The standard InChI is InChI=1S/C21H17N3OS2/c1-26-17-11-9-15(10-12-17)20(25)24(14-16-6-4-5-13-22-16)21-23-18-7-2-3-8-19(18)27-21/h2-13H,14H2,1H3. The molecule has 2 aromatic carbocycles. The lowest BCUT2D eigenvalue weighted by Gasteiger charge is -2.19. The van der Waals surface area contributed by atoms with Crippen LogP contribution in [0.2, 0.25) is 0 Å². The van der Waals surface area contributed by atoms with E-state index in [1.54, 1.807) is 22.9 Å². The number of para-hydroxylation sites is 1. The van der Waals surface area contributed by atoms with E-state index in [-0.39, 0.29) is 5.91 Å². The third kappa shape index (κ3) is 3.86. The minimum absolute atomic E-state index is 0.0765. The van der Waals surface area contributed by atoms with Gasteiger partial charge in [0.2, 0.25) is 0 Å². The molecule has 6 heteroatoms. The zero-order valence-corrected chi connectivity index (χ0v) is 16.3. The lowest BCUT2D eigenvalue weighted by Crippen LogP contribution is -2.30. The number of rotatable bonds is 5. The zero-order valence-electron chi connectivity index (χ0n) is 14.7. The number of thioether (sulfide) groups is 1. The van der Waals surface area contributed by atoms with E-state index >= 15 is 0 Å². The van der Waals surface area contributed by atoms with Crippen LogP contribution in [0, 0.1) is 0 Å². The number of nitrogens with zero attached hydrogens (tertiary/aromatic N) is 3. The number of hydrogen-bond acceptors (Lipinski definition) is 5. The Morgan fingerprint density at radius 2 is 1.81 bits per heavy atom. The van der Waals surface area contributed by atoms with Crippen LogP contribution in [0.25, 0.3) is 10.2 Å². The molecule has 27 heavy (non-hydrogen) atoms. The van der Waals surface area contributed by atoms with E-state index in [0.29, 0.717) is 17.2 Å². The number of anilines is 1. The summed E-state index contributed by atoms with van der Waals surface area (Å²) in [5.74, 6) is -0.0765. The number of amides is 1. The Morgan fingerprint density at radius 1 is 1.04 bits per heavy atom. The topological polar surface area (TPSA) is 46.1 Å². The largest absolute Gasteiger partial charge is 0.278 e. The minimum Gasteiger partial charge on any atom is -0.278 e. The molecule has 0 fully saturated rings. The zero-order chi connectivity index (χ0) is 18.6. The fraction of sp³-hybridized carbons (Fsp3) is 0.0952. The highest BCUT2D eigenvalue weighted by Crippen LogP contribution is 2.30. The molecule has 0 bridgehead atoms. The highest BCUT2D eigenvalue weighted by molar-refractivity contribution is 7.98. The van der Waals surface area contributed by atoms with Crippen LogP contribution in [0.5, 0.6) is 0 Å². The van der Waals surface area contributed by atoms with E-state index in [1.165, 1.54) is 11.3 Å². The summed E-state index contributed by atoms with van der Waals surface area (Å²) in [5.41, 5.74) is 2.36. The first kappa shape index (κ1) is 17.7. The van der Waals surface area contributed by atoms with Gasteiger partial charge in [0.05, 0.1) is 22.5 Å². The first-order chi connectivity index (χ1) is 13.2. The van der Waals surface area contributed by atoms with Gasteiger partial charge in [-0.25, -0.2) is 4.98 Å². The Bertz CT molecular complexity index is 1030. The maximum Gasteiger partial charge on any atom is 0.260 e. The molecule has 0 aliphatic carbocycles. The number of pyridine rings is 1. The van der Waals surface area contributed by atoms with E-state index in [9.17, 15) is 4.79 Å². The Hall–Kier alpha value is -2.70. The molecule has 1 amide bonds. The van der Waals surface area contributed by atoms with Crippen LogP contribution in [0.3, 0.4) is 0 Å². The Morgan fingerprint density at radius 3 is 2.52 bits per heavy atom. The molecule has 0 aliphatic rings. The van der Waals surface area contributed by atoms with Gasteiger partial charge < -0.3 is 0 Å². The van der Waals surface area contributed by atoms with E-state index in [1.807, 2.05) is 73.0 Å². The molecule has 2 aromatic heterocycles. The van der Waals surface area contributed by atoms with Gasteiger partial charge in [0.1, 0.15) is 0 Å². The molecule has 0 N–H and O–H groups in total. The molecule has 2 heterocycles. The molecular formula is C21H17N3OS2. The SMILES string of the molecule is CSc1ccc(C(=O)N(Cc2ccccn2)c2nc3ccccc3s2)cc1. The van der Waals surface area contributed by atoms with Crippen LogP contribution < -0.4 is 4.90 Å². The van der Waals surface area contributed by atoms with Crippen molar-refractivity contribution in [2.24, 2.45) is 0 Å². The summed E-state index contributed by atoms with van der Waals surface area (Å²) in [5, 5.41) is 0.681. The van der Waals surface area contributed by atoms with Gasteiger partial charge in [0.25, 0.3) is 5.91 Å². The first-order valence-corrected chi connectivity index (χ1v) is 10.5. The van der Waals surface area contributed by atoms with Crippen LogP contribution in [-0.2, 0) is 6.54 Å². The summed E-state index contributed by atoms with van der Waals surface area (Å²) in [7, 11) is 0. The minimum atomic E-state index is -0.0765. The molecule has 0 spiro atoms. The van der Waals surface area contributed by atoms with E-state index in [4.69, 9.17) is 0 Å². The number of thiazole rings is 1. The molecule has 4 nitrogen and oxygen atoms in total. The summed E-state index contributed by atoms with van der Waals surface area (Å²) in [6.07, 6.45) is 3.76. The molecule has 4 rings (SSSR count). The van der Waals surface area contributed by atoms with Gasteiger partial charge in [0, 0.05) is 16.7 Å². The molecule has 0 aliphatic heterocycles. The van der Waals surface area contributed by atoms with Crippen molar-refractivity contribution >= 4 is 44.4 Å². The molecule has 134 valence electrons.